The van der Waals surface area contributed by atoms with Crippen molar-refractivity contribution < 1.29 is 31.1 Å². The zero-order chi connectivity index (χ0) is 15.3. The predicted molar refractivity (Wildman–Crippen MR) is 61.4 cm³/mol. The Balaban J connectivity index is 4.89. The second-order valence-electron chi connectivity index (χ2n) is 4.12. The van der Waals surface area contributed by atoms with Gasteiger partial charge in [-0.25, -0.2) is 0 Å². The van der Waals surface area contributed by atoms with Gasteiger partial charge in [0.1, 0.15) is 12.1 Å². The number of ether oxygens (including phenoxy) is 1. The number of esters is 1. The standard InChI is InChI=1S/C9H17F3N2O4S/c1-4-5-8(2,7(15)18-3)14-19(16,17)13-6-9(10,11)12/h13-14H,4-6H2,1-3H3. The number of alkyl halides is 3. The van der Waals surface area contributed by atoms with Crippen LogP contribution in [0.25, 0.3) is 0 Å². The summed E-state index contributed by atoms with van der Waals surface area (Å²) < 4.78 is 66.4. The van der Waals surface area contributed by atoms with E-state index in [1.807, 2.05) is 4.72 Å². The van der Waals surface area contributed by atoms with Gasteiger partial charge in [0, 0.05) is 0 Å². The van der Waals surface area contributed by atoms with Gasteiger partial charge < -0.3 is 4.74 Å². The summed E-state index contributed by atoms with van der Waals surface area (Å²) in [5.74, 6) is -0.869. The lowest BCUT2D eigenvalue weighted by Crippen LogP contribution is -2.56. The molecule has 1 atom stereocenters. The minimum absolute atomic E-state index is 0.0899. The van der Waals surface area contributed by atoms with Crippen molar-refractivity contribution >= 4 is 16.2 Å². The Morgan fingerprint density at radius 2 is 1.84 bits per heavy atom. The summed E-state index contributed by atoms with van der Waals surface area (Å²) in [7, 11) is -3.41. The van der Waals surface area contributed by atoms with Crippen molar-refractivity contribution in [2.45, 2.75) is 38.4 Å². The second-order valence-corrected chi connectivity index (χ2v) is 5.62. The first-order valence-electron chi connectivity index (χ1n) is 5.39. The molecule has 0 bridgehead atoms. The van der Waals surface area contributed by atoms with E-state index in [4.69, 9.17) is 0 Å². The van der Waals surface area contributed by atoms with E-state index in [0.717, 1.165) is 7.11 Å². The summed E-state index contributed by atoms with van der Waals surface area (Å²) >= 11 is 0. The monoisotopic (exact) mass is 306 g/mol. The van der Waals surface area contributed by atoms with Crippen LogP contribution in [0, 0.1) is 0 Å². The summed E-state index contributed by atoms with van der Waals surface area (Å²) in [6.45, 7) is 1.22. The third-order valence-corrected chi connectivity index (χ3v) is 3.45. The van der Waals surface area contributed by atoms with Crippen LogP contribution in [0.15, 0.2) is 0 Å². The first-order valence-corrected chi connectivity index (χ1v) is 6.88. The predicted octanol–water partition coefficient (Wildman–Crippen LogP) is 0.704. The van der Waals surface area contributed by atoms with E-state index < -0.39 is 34.4 Å². The minimum Gasteiger partial charge on any atom is -0.468 e. The number of hydrogen-bond acceptors (Lipinski definition) is 4. The quantitative estimate of drug-likeness (QED) is 0.678. The van der Waals surface area contributed by atoms with Crippen LogP contribution in [0.4, 0.5) is 13.2 Å². The average molecular weight is 306 g/mol. The van der Waals surface area contributed by atoms with Gasteiger partial charge in [0.15, 0.2) is 0 Å². The Kier molecular flexibility index (Phi) is 6.23. The molecular formula is C9H17F3N2O4S. The lowest BCUT2D eigenvalue weighted by atomic mass is 9.98. The highest BCUT2D eigenvalue weighted by Crippen LogP contribution is 2.16. The molecule has 0 aromatic rings. The highest BCUT2D eigenvalue weighted by Gasteiger charge is 2.39. The lowest BCUT2D eigenvalue weighted by molar-refractivity contribution is -0.147. The molecule has 0 saturated carbocycles. The van der Waals surface area contributed by atoms with E-state index in [-0.39, 0.29) is 6.42 Å². The van der Waals surface area contributed by atoms with Crippen molar-refractivity contribution in [3.8, 4) is 0 Å². The summed E-state index contributed by atoms with van der Waals surface area (Å²) in [6.07, 6.45) is -4.15. The van der Waals surface area contributed by atoms with Gasteiger partial charge in [-0.05, 0) is 13.3 Å². The maximum Gasteiger partial charge on any atom is 0.402 e. The van der Waals surface area contributed by atoms with Crippen LogP contribution < -0.4 is 9.44 Å². The molecule has 0 heterocycles. The minimum atomic E-state index is -4.68. The van der Waals surface area contributed by atoms with Crippen LogP contribution in [0.5, 0.6) is 0 Å². The molecule has 0 aromatic heterocycles. The van der Waals surface area contributed by atoms with E-state index in [0.29, 0.717) is 6.42 Å². The van der Waals surface area contributed by atoms with Crippen LogP contribution in [0.1, 0.15) is 26.7 Å². The molecule has 0 aliphatic heterocycles. The molecule has 10 heteroatoms. The Morgan fingerprint density at radius 1 is 1.32 bits per heavy atom. The number of hydrogen-bond donors (Lipinski definition) is 2. The number of carbonyl (C=O) groups is 1. The number of nitrogens with one attached hydrogen (secondary N) is 2. The molecule has 0 saturated heterocycles. The van der Waals surface area contributed by atoms with Gasteiger partial charge in [-0.15, -0.1) is 0 Å². The Morgan fingerprint density at radius 3 is 2.21 bits per heavy atom. The van der Waals surface area contributed by atoms with Crippen LogP contribution in [-0.4, -0.2) is 39.8 Å². The maximum atomic E-state index is 11.9. The fraction of sp³-hybridized carbons (Fsp3) is 0.889. The van der Waals surface area contributed by atoms with Crippen molar-refractivity contribution in [1.29, 1.82) is 0 Å². The van der Waals surface area contributed by atoms with Crippen LogP contribution in [0.2, 0.25) is 0 Å². The molecular weight excluding hydrogens is 289 g/mol. The summed E-state index contributed by atoms with van der Waals surface area (Å²) in [5, 5.41) is 0. The SMILES string of the molecule is CCCC(C)(NS(=O)(=O)NCC(F)(F)F)C(=O)OC. The largest absolute Gasteiger partial charge is 0.468 e. The highest BCUT2D eigenvalue weighted by atomic mass is 32.2. The van der Waals surface area contributed by atoms with Gasteiger partial charge in [-0.3, -0.25) is 4.79 Å². The fourth-order valence-electron chi connectivity index (χ4n) is 1.43. The smallest absolute Gasteiger partial charge is 0.402 e. The molecule has 0 aliphatic carbocycles. The third kappa shape index (κ3) is 6.73. The Labute approximate surface area is 109 Å². The van der Waals surface area contributed by atoms with Gasteiger partial charge in [0.05, 0.1) is 7.11 Å². The van der Waals surface area contributed by atoms with Gasteiger partial charge in [0.2, 0.25) is 0 Å². The van der Waals surface area contributed by atoms with Crippen molar-refractivity contribution in [1.82, 2.24) is 9.44 Å². The molecule has 0 aromatic carbocycles. The average Bonchev–Trinajstić information content (AvgIpc) is 2.24. The fourth-order valence-corrected chi connectivity index (χ4v) is 2.63. The molecule has 1 unspecified atom stereocenters. The Hall–Kier alpha value is -0.870. The molecule has 114 valence electrons. The molecule has 0 amide bonds. The van der Waals surface area contributed by atoms with Crippen LogP contribution in [-0.2, 0) is 19.7 Å². The number of carbonyl (C=O) groups excluding carboxylic acids is 1. The van der Waals surface area contributed by atoms with E-state index in [2.05, 4.69) is 4.74 Å². The van der Waals surface area contributed by atoms with Crippen molar-refractivity contribution in [3.05, 3.63) is 0 Å². The number of methoxy groups -OCH3 is 1. The lowest BCUT2D eigenvalue weighted by Gasteiger charge is -2.27. The summed E-state index contributed by atoms with van der Waals surface area (Å²) in [5.41, 5.74) is -1.61. The van der Waals surface area contributed by atoms with Crippen molar-refractivity contribution in [2.75, 3.05) is 13.7 Å². The second kappa shape index (κ2) is 6.53. The van der Waals surface area contributed by atoms with E-state index in [1.165, 1.54) is 11.6 Å². The van der Waals surface area contributed by atoms with E-state index in [1.54, 1.807) is 6.92 Å². The highest BCUT2D eigenvalue weighted by molar-refractivity contribution is 7.87. The Bertz CT molecular complexity index is 410. The molecule has 0 rings (SSSR count). The molecule has 19 heavy (non-hydrogen) atoms. The van der Waals surface area contributed by atoms with Gasteiger partial charge in [0.25, 0.3) is 10.2 Å². The van der Waals surface area contributed by atoms with E-state index in [9.17, 15) is 26.4 Å². The van der Waals surface area contributed by atoms with Gasteiger partial charge >= 0.3 is 12.1 Å². The topological polar surface area (TPSA) is 84.5 Å². The molecule has 0 aliphatic rings. The molecule has 2 N–H and O–H groups in total. The van der Waals surface area contributed by atoms with Crippen molar-refractivity contribution in [2.24, 2.45) is 0 Å². The van der Waals surface area contributed by atoms with Crippen molar-refractivity contribution in [3.63, 3.8) is 0 Å². The van der Waals surface area contributed by atoms with Crippen LogP contribution in [0.3, 0.4) is 0 Å². The molecule has 0 spiro atoms. The van der Waals surface area contributed by atoms with Crippen LogP contribution >= 0.6 is 0 Å². The normalized spacial score (nSPS) is 15.9. The molecule has 0 radical (unpaired) electrons. The number of halogens is 3. The van der Waals surface area contributed by atoms with Gasteiger partial charge in [-0.2, -0.15) is 31.0 Å². The molecule has 0 fully saturated rings. The first-order chi connectivity index (χ1) is 8.46. The zero-order valence-corrected chi connectivity index (χ0v) is 11.6. The van der Waals surface area contributed by atoms with Gasteiger partial charge in [-0.1, -0.05) is 13.3 Å². The third-order valence-electron chi connectivity index (χ3n) is 2.21. The van der Waals surface area contributed by atoms with E-state index >= 15 is 0 Å². The maximum absolute atomic E-state index is 11.9. The summed E-state index contributed by atoms with van der Waals surface area (Å²) in [6, 6.07) is 0. The first kappa shape index (κ1) is 18.1. The number of rotatable bonds is 7. The molecule has 6 nitrogen and oxygen atoms in total. The summed E-state index contributed by atoms with van der Waals surface area (Å²) in [4.78, 5) is 11.5. The zero-order valence-electron chi connectivity index (χ0n) is 10.8.